The van der Waals surface area contributed by atoms with E-state index in [9.17, 15) is 10.2 Å². The van der Waals surface area contributed by atoms with Crippen LogP contribution in [-0.2, 0) is 12.8 Å². The fourth-order valence-corrected chi connectivity index (χ4v) is 4.26. The Morgan fingerprint density at radius 2 is 1.70 bits per heavy atom. The summed E-state index contributed by atoms with van der Waals surface area (Å²) < 4.78 is 1.70. The predicted molar refractivity (Wildman–Crippen MR) is 118 cm³/mol. The van der Waals surface area contributed by atoms with Crippen LogP contribution in [0.4, 0.5) is 0 Å². The maximum Gasteiger partial charge on any atom is 0.219 e. The van der Waals surface area contributed by atoms with Crippen molar-refractivity contribution in [2.45, 2.75) is 12.8 Å². The number of phenols is 1. The maximum atomic E-state index is 10.9. The van der Waals surface area contributed by atoms with Crippen LogP contribution in [0, 0.1) is 0 Å². The second-order valence-corrected chi connectivity index (χ2v) is 8.15. The number of nitrogens with zero attached hydrogens (tertiary/aromatic N) is 3. The van der Waals surface area contributed by atoms with Crippen LogP contribution in [0.15, 0.2) is 78.3 Å². The highest BCUT2D eigenvalue weighted by Crippen LogP contribution is 2.29. The van der Waals surface area contributed by atoms with Gasteiger partial charge in [0, 0.05) is 29.5 Å². The third kappa shape index (κ3) is 3.53. The molecule has 0 saturated carbocycles. The fourth-order valence-electron chi connectivity index (χ4n) is 3.55. The van der Waals surface area contributed by atoms with E-state index in [0.29, 0.717) is 29.9 Å². The molecule has 148 valence electrons. The Bertz CT molecular complexity index is 1310. The standard InChI is InChI=1S/C24H19N3O2S/c28-18-9-4-8-17(13-18)22-15-27-23(20(25-22)12-16-6-2-1-3-7-16)26-21(24(27)29)14-19-10-5-11-30-19/h1-11,13,15,28-29H,12,14H2. The van der Waals surface area contributed by atoms with Crippen molar-refractivity contribution in [3.05, 3.63) is 100 Å². The number of rotatable bonds is 5. The molecule has 0 amide bonds. The molecule has 0 aliphatic rings. The number of hydrogen-bond acceptors (Lipinski definition) is 5. The Kier molecular flexibility index (Phi) is 4.69. The lowest BCUT2D eigenvalue weighted by molar-refractivity contribution is 0.442. The Morgan fingerprint density at radius 3 is 2.47 bits per heavy atom. The van der Waals surface area contributed by atoms with Crippen LogP contribution in [-0.4, -0.2) is 24.6 Å². The lowest BCUT2D eigenvalue weighted by Gasteiger charge is -2.09. The number of fused-ring (bicyclic) bond motifs is 1. The van der Waals surface area contributed by atoms with Crippen molar-refractivity contribution < 1.29 is 10.2 Å². The molecular formula is C24H19N3O2S. The minimum atomic E-state index is 0.122. The summed E-state index contributed by atoms with van der Waals surface area (Å²) in [6.45, 7) is 0. The number of imidazole rings is 1. The first-order chi connectivity index (χ1) is 14.7. The molecule has 0 saturated heterocycles. The zero-order chi connectivity index (χ0) is 20.5. The van der Waals surface area contributed by atoms with Crippen molar-refractivity contribution in [3.8, 4) is 22.9 Å². The smallest absolute Gasteiger partial charge is 0.219 e. The number of phenolic OH excluding ortho intramolecular Hbond substituents is 1. The van der Waals surface area contributed by atoms with Crippen LogP contribution in [0.1, 0.15) is 21.8 Å². The Morgan fingerprint density at radius 1 is 0.833 bits per heavy atom. The lowest BCUT2D eigenvalue weighted by Crippen LogP contribution is -2.00. The molecule has 0 bridgehead atoms. The van der Waals surface area contributed by atoms with Crippen LogP contribution in [0.3, 0.4) is 0 Å². The Labute approximate surface area is 177 Å². The summed E-state index contributed by atoms with van der Waals surface area (Å²) >= 11 is 1.64. The normalized spacial score (nSPS) is 11.2. The zero-order valence-electron chi connectivity index (χ0n) is 16.1. The molecule has 0 unspecified atom stereocenters. The summed E-state index contributed by atoms with van der Waals surface area (Å²) in [5.74, 6) is 0.295. The van der Waals surface area contributed by atoms with Crippen LogP contribution >= 0.6 is 11.3 Å². The average molecular weight is 414 g/mol. The highest BCUT2D eigenvalue weighted by atomic mass is 32.1. The van der Waals surface area contributed by atoms with E-state index >= 15 is 0 Å². The first-order valence-corrected chi connectivity index (χ1v) is 10.5. The molecule has 0 fully saturated rings. The van der Waals surface area contributed by atoms with Crippen molar-refractivity contribution in [2.75, 3.05) is 0 Å². The van der Waals surface area contributed by atoms with Crippen molar-refractivity contribution >= 4 is 17.0 Å². The monoisotopic (exact) mass is 413 g/mol. The molecule has 0 aliphatic heterocycles. The number of aromatic nitrogens is 3. The molecule has 2 aromatic carbocycles. The summed E-state index contributed by atoms with van der Waals surface area (Å²) in [7, 11) is 0. The molecule has 5 nitrogen and oxygen atoms in total. The molecule has 0 aliphatic carbocycles. The van der Waals surface area contributed by atoms with Gasteiger partial charge in [-0.1, -0.05) is 48.5 Å². The Balaban J connectivity index is 1.67. The van der Waals surface area contributed by atoms with Crippen molar-refractivity contribution in [3.63, 3.8) is 0 Å². The van der Waals surface area contributed by atoms with Crippen LogP contribution in [0.25, 0.3) is 16.9 Å². The van der Waals surface area contributed by atoms with Gasteiger partial charge < -0.3 is 10.2 Å². The van der Waals surface area contributed by atoms with Crippen LogP contribution in [0.2, 0.25) is 0 Å². The SMILES string of the molecule is Oc1cccc(-c2cn3c(O)c(Cc4cccs4)nc3c(Cc3ccccc3)n2)c1. The van der Waals surface area contributed by atoms with E-state index < -0.39 is 0 Å². The van der Waals surface area contributed by atoms with Gasteiger partial charge in [0.2, 0.25) is 5.88 Å². The quantitative estimate of drug-likeness (QED) is 0.423. The number of benzene rings is 2. The maximum absolute atomic E-state index is 10.9. The van der Waals surface area contributed by atoms with Gasteiger partial charge in [-0.25, -0.2) is 9.97 Å². The highest BCUT2D eigenvalue weighted by Gasteiger charge is 2.18. The van der Waals surface area contributed by atoms with Gasteiger partial charge in [-0.3, -0.25) is 4.40 Å². The molecule has 3 aromatic heterocycles. The van der Waals surface area contributed by atoms with Gasteiger partial charge in [-0.05, 0) is 29.1 Å². The molecule has 0 radical (unpaired) electrons. The van der Waals surface area contributed by atoms with E-state index in [1.165, 1.54) is 0 Å². The lowest BCUT2D eigenvalue weighted by atomic mass is 10.1. The van der Waals surface area contributed by atoms with Crippen molar-refractivity contribution in [1.29, 1.82) is 0 Å². The minimum Gasteiger partial charge on any atom is -0.508 e. The second-order valence-electron chi connectivity index (χ2n) is 7.12. The van der Waals surface area contributed by atoms with Gasteiger partial charge in [-0.2, -0.15) is 0 Å². The molecule has 5 rings (SSSR count). The van der Waals surface area contributed by atoms with Gasteiger partial charge in [0.1, 0.15) is 11.4 Å². The molecule has 2 N–H and O–H groups in total. The molecule has 6 heteroatoms. The summed E-state index contributed by atoms with van der Waals surface area (Å²) in [5.41, 5.74) is 4.60. The van der Waals surface area contributed by atoms with E-state index in [2.05, 4.69) is 12.1 Å². The fraction of sp³-hybridized carbons (Fsp3) is 0.0833. The van der Waals surface area contributed by atoms with Crippen LogP contribution < -0.4 is 0 Å². The van der Waals surface area contributed by atoms with Gasteiger partial charge in [-0.15, -0.1) is 11.3 Å². The van der Waals surface area contributed by atoms with Gasteiger partial charge in [0.05, 0.1) is 11.4 Å². The first kappa shape index (κ1) is 18.4. The van der Waals surface area contributed by atoms with E-state index in [0.717, 1.165) is 21.7 Å². The highest BCUT2D eigenvalue weighted by molar-refractivity contribution is 7.09. The second kappa shape index (κ2) is 7.65. The molecule has 0 atom stereocenters. The number of thiophene rings is 1. The Hall–Kier alpha value is -3.64. The third-order valence-corrected chi connectivity index (χ3v) is 5.87. The molecular weight excluding hydrogens is 394 g/mol. The van der Waals surface area contributed by atoms with E-state index in [1.807, 2.05) is 41.8 Å². The van der Waals surface area contributed by atoms with Crippen molar-refractivity contribution in [2.24, 2.45) is 0 Å². The average Bonchev–Trinajstić information content (AvgIpc) is 3.38. The van der Waals surface area contributed by atoms with E-state index in [4.69, 9.17) is 9.97 Å². The molecule has 0 spiro atoms. The summed E-state index contributed by atoms with van der Waals surface area (Å²) in [6, 6.07) is 21.1. The molecule has 3 heterocycles. The van der Waals surface area contributed by atoms with Crippen molar-refractivity contribution in [1.82, 2.24) is 14.4 Å². The van der Waals surface area contributed by atoms with Gasteiger partial charge >= 0.3 is 0 Å². The largest absolute Gasteiger partial charge is 0.508 e. The third-order valence-electron chi connectivity index (χ3n) is 5.00. The first-order valence-electron chi connectivity index (χ1n) is 9.63. The minimum absolute atomic E-state index is 0.122. The number of hydrogen-bond donors (Lipinski definition) is 2. The van der Waals surface area contributed by atoms with E-state index in [-0.39, 0.29) is 11.6 Å². The van der Waals surface area contributed by atoms with Crippen LogP contribution in [0.5, 0.6) is 11.6 Å². The predicted octanol–water partition coefficient (Wildman–Crippen LogP) is 5.05. The van der Waals surface area contributed by atoms with E-state index in [1.54, 1.807) is 40.1 Å². The molecule has 30 heavy (non-hydrogen) atoms. The molecule has 5 aromatic rings. The summed E-state index contributed by atoms with van der Waals surface area (Å²) in [4.78, 5) is 10.7. The zero-order valence-corrected chi connectivity index (χ0v) is 16.9. The topological polar surface area (TPSA) is 70.7 Å². The van der Waals surface area contributed by atoms with Gasteiger partial charge in [0.25, 0.3) is 0 Å². The number of aromatic hydroxyl groups is 2. The summed E-state index contributed by atoms with van der Waals surface area (Å²) in [6.07, 6.45) is 2.93. The summed E-state index contributed by atoms with van der Waals surface area (Å²) in [5, 5.41) is 22.9. The van der Waals surface area contributed by atoms with Gasteiger partial charge in [0.15, 0.2) is 5.65 Å².